The van der Waals surface area contributed by atoms with E-state index in [2.05, 4.69) is 116 Å². The molecule has 0 N–H and O–H groups in total. The topological polar surface area (TPSA) is 55.4 Å². The fraction of sp³-hybridized carbons (Fsp3) is 0.467. The highest BCUT2D eigenvalue weighted by Crippen LogP contribution is 2.38. The standard InChI is InChI=1S/C45H54O6/c1-13-16-49-40-31-19-37(43(4,5)6)20-32(40)26-47-28-34-22-39(45(10,11)12)24-36(42(34)51-18-15-3)30-48-29-35-23-38(44(7,8)9)21-33(27-46-25-31)41(35)50-17-14-2/h1-3,19-24H,16-18,25-30H2,4-12H3. The third kappa shape index (κ3) is 10.3. The van der Waals surface area contributed by atoms with Crippen LogP contribution in [0, 0.1) is 37.0 Å². The van der Waals surface area contributed by atoms with Crippen molar-refractivity contribution in [2.45, 2.75) is 118 Å². The van der Waals surface area contributed by atoms with Crippen molar-refractivity contribution in [2.75, 3.05) is 19.8 Å². The summed E-state index contributed by atoms with van der Waals surface area (Å²) >= 11 is 0. The first-order valence-electron chi connectivity index (χ1n) is 17.5. The van der Waals surface area contributed by atoms with Crippen LogP contribution in [0.15, 0.2) is 36.4 Å². The van der Waals surface area contributed by atoms with Crippen LogP contribution in [-0.4, -0.2) is 19.8 Å². The number of hydrogen-bond donors (Lipinski definition) is 0. The fourth-order valence-electron chi connectivity index (χ4n) is 5.92. The average Bonchev–Trinajstić information content (AvgIpc) is 3.04. The molecule has 6 heteroatoms. The molecule has 0 aromatic heterocycles. The molecule has 1 aliphatic heterocycles. The van der Waals surface area contributed by atoms with Gasteiger partial charge in [0.25, 0.3) is 0 Å². The van der Waals surface area contributed by atoms with E-state index < -0.39 is 0 Å². The minimum absolute atomic E-state index is 0.108. The van der Waals surface area contributed by atoms with Gasteiger partial charge in [0.15, 0.2) is 0 Å². The second-order valence-corrected chi connectivity index (χ2v) is 16.1. The second kappa shape index (κ2) is 16.8. The van der Waals surface area contributed by atoms with Crippen molar-refractivity contribution in [3.05, 3.63) is 86.5 Å². The number of terminal acetylenes is 3. The largest absolute Gasteiger partial charge is 0.480 e. The molecular formula is C45H54O6. The van der Waals surface area contributed by atoms with Crippen molar-refractivity contribution in [1.29, 1.82) is 0 Å². The van der Waals surface area contributed by atoms with Crippen LogP contribution < -0.4 is 14.2 Å². The molecule has 6 nitrogen and oxygen atoms in total. The summed E-state index contributed by atoms with van der Waals surface area (Å²) in [4.78, 5) is 0. The number of rotatable bonds is 6. The fourth-order valence-corrected chi connectivity index (χ4v) is 5.92. The van der Waals surface area contributed by atoms with Crippen molar-refractivity contribution in [3.63, 3.8) is 0 Å². The molecule has 0 aliphatic carbocycles. The van der Waals surface area contributed by atoms with Gasteiger partial charge in [-0.3, -0.25) is 0 Å². The minimum Gasteiger partial charge on any atom is -0.480 e. The Hall–Kier alpha value is -4.38. The molecule has 51 heavy (non-hydrogen) atoms. The van der Waals surface area contributed by atoms with Gasteiger partial charge in [0, 0.05) is 33.4 Å². The van der Waals surface area contributed by atoms with E-state index in [9.17, 15) is 0 Å². The lowest BCUT2D eigenvalue weighted by Gasteiger charge is -2.26. The maximum absolute atomic E-state index is 6.49. The smallest absolute Gasteiger partial charge is 0.148 e. The Morgan fingerprint density at radius 1 is 0.431 bits per heavy atom. The quantitative estimate of drug-likeness (QED) is 0.241. The molecular weight excluding hydrogens is 636 g/mol. The van der Waals surface area contributed by atoms with Gasteiger partial charge in [0.1, 0.15) is 37.1 Å². The van der Waals surface area contributed by atoms with E-state index in [4.69, 9.17) is 47.7 Å². The van der Waals surface area contributed by atoms with Gasteiger partial charge in [-0.2, -0.15) is 0 Å². The van der Waals surface area contributed by atoms with Crippen LogP contribution in [0.5, 0.6) is 17.2 Å². The molecule has 4 rings (SSSR count). The predicted octanol–water partition coefficient (Wildman–Crippen LogP) is 9.08. The van der Waals surface area contributed by atoms with Gasteiger partial charge >= 0.3 is 0 Å². The normalized spacial score (nSPS) is 14.2. The van der Waals surface area contributed by atoms with E-state index in [1.54, 1.807) is 0 Å². The summed E-state index contributed by atoms with van der Waals surface area (Å²) in [5.74, 6) is 9.84. The minimum atomic E-state index is -0.149. The molecule has 6 bridgehead atoms. The van der Waals surface area contributed by atoms with E-state index in [0.29, 0.717) is 17.2 Å². The first-order valence-corrected chi connectivity index (χ1v) is 17.5. The number of fused-ring (bicyclic) bond motifs is 6. The van der Waals surface area contributed by atoms with Crippen LogP contribution in [0.4, 0.5) is 0 Å². The number of hydrogen-bond acceptors (Lipinski definition) is 6. The van der Waals surface area contributed by atoms with Gasteiger partial charge in [-0.25, -0.2) is 0 Å². The Kier molecular flexibility index (Phi) is 12.9. The molecule has 3 aromatic carbocycles. The van der Waals surface area contributed by atoms with Gasteiger partial charge in [0.05, 0.1) is 39.6 Å². The number of benzene rings is 3. The van der Waals surface area contributed by atoms with Crippen LogP contribution >= 0.6 is 0 Å². The van der Waals surface area contributed by atoms with Gasteiger partial charge in [-0.1, -0.05) is 80.1 Å². The Bertz CT molecular complexity index is 1520. The number of ether oxygens (including phenoxy) is 6. The van der Waals surface area contributed by atoms with Crippen LogP contribution in [0.3, 0.4) is 0 Å². The van der Waals surface area contributed by atoms with Gasteiger partial charge in [-0.05, 0) is 69.3 Å². The van der Waals surface area contributed by atoms with Crippen molar-refractivity contribution in [3.8, 4) is 54.3 Å². The maximum atomic E-state index is 6.49. The van der Waals surface area contributed by atoms with Crippen LogP contribution in [0.1, 0.15) is 112 Å². The molecule has 0 spiro atoms. The zero-order valence-corrected chi connectivity index (χ0v) is 32.0. The Balaban J connectivity index is 1.96. The average molecular weight is 691 g/mol. The zero-order chi connectivity index (χ0) is 37.4. The SMILES string of the molecule is C#CCOc1c2cc(C(C)(C)C)cc1COCc1cc(C(C)(C)C)cc(c1OCC#C)COCc1cc(C(C)(C)C)cc(c1OCC#C)COC2. The third-order valence-corrected chi connectivity index (χ3v) is 8.77. The second-order valence-electron chi connectivity index (χ2n) is 16.1. The van der Waals surface area contributed by atoms with E-state index in [1.165, 1.54) is 0 Å². The molecule has 0 amide bonds. The molecule has 0 atom stereocenters. The van der Waals surface area contributed by atoms with Gasteiger partial charge in [-0.15, -0.1) is 19.3 Å². The van der Waals surface area contributed by atoms with Crippen molar-refractivity contribution in [2.24, 2.45) is 0 Å². The predicted molar refractivity (Wildman–Crippen MR) is 204 cm³/mol. The first kappa shape index (κ1) is 39.4. The molecule has 0 fully saturated rings. The van der Waals surface area contributed by atoms with Crippen LogP contribution in [-0.2, 0) is 70.1 Å². The van der Waals surface area contributed by atoms with Crippen molar-refractivity contribution >= 4 is 0 Å². The highest BCUT2D eigenvalue weighted by Gasteiger charge is 2.25. The highest BCUT2D eigenvalue weighted by atomic mass is 16.5. The maximum Gasteiger partial charge on any atom is 0.148 e. The summed E-state index contributed by atoms with van der Waals surface area (Å²) in [5.41, 5.74) is 8.24. The lowest BCUT2D eigenvalue weighted by atomic mass is 9.84. The summed E-state index contributed by atoms with van der Waals surface area (Å²) in [6.45, 7) is 21.6. The molecule has 0 radical (unpaired) electrons. The third-order valence-electron chi connectivity index (χ3n) is 8.77. The van der Waals surface area contributed by atoms with Crippen molar-refractivity contribution in [1.82, 2.24) is 0 Å². The molecule has 0 unspecified atom stereocenters. The Morgan fingerprint density at radius 3 is 0.784 bits per heavy atom. The molecule has 1 heterocycles. The molecule has 0 saturated heterocycles. The monoisotopic (exact) mass is 690 g/mol. The first-order chi connectivity index (χ1) is 24.1. The molecule has 270 valence electrons. The Morgan fingerprint density at radius 2 is 0.627 bits per heavy atom. The Labute approximate surface area is 306 Å². The highest BCUT2D eigenvalue weighted by molar-refractivity contribution is 5.49. The van der Waals surface area contributed by atoms with E-state index >= 15 is 0 Å². The van der Waals surface area contributed by atoms with E-state index in [-0.39, 0.29) is 75.7 Å². The summed E-state index contributed by atoms with van der Waals surface area (Å²) in [5, 5.41) is 0. The molecule has 3 aromatic rings. The lowest BCUT2D eigenvalue weighted by Crippen LogP contribution is -2.16. The van der Waals surface area contributed by atoms with E-state index in [1.807, 2.05) is 0 Å². The van der Waals surface area contributed by atoms with Crippen LogP contribution in [0.25, 0.3) is 0 Å². The van der Waals surface area contributed by atoms with Gasteiger partial charge < -0.3 is 28.4 Å². The zero-order valence-electron chi connectivity index (χ0n) is 32.0. The van der Waals surface area contributed by atoms with E-state index in [0.717, 1.165) is 50.1 Å². The summed E-state index contributed by atoms with van der Waals surface area (Å²) < 4.78 is 38.2. The molecule has 1 aliphatic rings. The van der Waals surface area contributed by atoms with Crippen molar-refractivity contribution < 1.29 is 28.4 Å². The molecule has 0 saturated carbocycles. The summed E-state index contributed by atoms with van der Waals surface area (Å²) in [6.07, 6.45) is 17.0. The van der Waals surface area contributed by atoms with Gasteiger partial charge in [0.2, 0.25) is 0 Å². The lowest BCUT2D eigenvalue weighted by molar-refractivity contribution is 0.0914. The van der Waals surface area contributed by atoms with Crippen LogP contribution in [0.2, 0.25) is 0 Å². The summed E-state index contributed by atoms with van der Waals surface area (Å²) in [7, 11) is 0. The summed E-state index contributed by atoms with van der Waals surface area (Å²) in [6, 6.07) is 12.8.